The van der Waals surface area contributed by atoms with E-state index in [0.717, 1.165) is 16.7 Å². The Morgan fingerprint density at radius 3 is 2.74 bits per heavy atom. The second-order valence-corrected chi connectivity index (χ2v) is 6.42. The lowest BCUT2D eigenvalue weighted by atomic mass is 9.96. The molecule has 0 saturated carbocycles. The Hall–Kier alpha value is -2.81. The number of pyridine rings is 2. The zero-order chi connectivity index (χ0) is 19.4. The summed E-state index contributed by atoms with van der Waals surface area (Å²) >= 11 is 6.14. The van der Waals surface area contributed by atoms with Crippen molar-refractivity contribution in [2.75, 3.05) is 18.4 Å². The van der Waals surface area contributed by atoms with Crippen molar-refractivity contribution in [3.63, 3.8) is 0 Å². The Morgan fingerprint density at radius 2 is 2.11 bits per heavy atom. The second kappa shape index (κ2) is 8.26. The number of hydrogen-bond acceptors (Lipinski definition) is 6. The molecule has 0 radical (unpaired) electrons. The molecule has 0 atom stereocenters. The van der Waals surface area contributed by atoms with Gasteiger partial charge in [-0.25, -0.2) is 13.8 Å². The number of aromatic nitrogens is 2. The van der Waals surface area contributed by atoms with Crippen molar-refractivity contribution in [1.82, 2.24) is 14.9 Å². The van der Waals surface area contributed by atoms with Gasteiger partial charge in [-0.3, -0.25) is 9.88 Å². The van der Waals surface area contributed by atoms with Crippen molar-refractivity contribution in [2.24, 2.45) is 0 Å². The number of nitrogens with zero attached hydrogens (tertiary/aromatic N) is 5. The van der Waals surface area contributed by atoms with Gasteiger partial charge in [0.1, 0.15) is 29.3 Å². The first-order valence-electron chi connectivity index (χ1n) is 8.21. The Bertz CT molecular complexity index is 917. The van der Waals surface area contributed by atoms with Crippen molar-refractivity contribution in [3.05, 3.63) is 51.4 Å². The summed E-state index contributed by atoms with van der Waals surface area (Å²) in [5.41, 5.74) is 2.55. The molecule has 6 nitrogen and oxygen atoms in total. The van der Waals surface area contributed by atoms with Gasteiger partial charge >= 0.3 is 0 Å². The summed E-state index contributed by atoms with van der Waals surface area (Å²) in [6, 6.07) is 7.05. The number of hydrogen-bond donors (Lipinski definition) is 1. The average molecular weight is 389 g/mol. The Morgan fingerprint density at radius 1 is 1.30 bits per heavy atom. The number of nitrogens with one attached hydrogen (secondary N) is 1. The third kappa shape index (κ3) is 4.13. The molecule has 1 N–H and O–H groups in total. The normalized spacial score (nSPS) is 13.7. The van der Waals surface area contributed by atoms with Gasteiger partial charge in [-0.2, -0.15) is 10.5 Å². The third-order valence-corrected chi connectivity index (χ3v) is 4.63. The largest absolute Gasteiger partial charge is 0.357 e. The van der Waals surface area contributed by atoms with E-state index in [4.69, 9.17) is 16.9 Å². The lowest BCUT2D eigenvalue weighted by Gasteiger charge is -2.30. The third-order valence-electron chi connectivity index (χ3n) is 4.35. The quantitative estimate of drug-likeness (QED) is 0.623. The van der Waals surface area contributed by atoms with Gasteiger partial charge in [0.2, 0.25) is 0 Å². The molecule has 3 rings (SSSR count). The fourth-order valence-electron chi connectivity index (χ4n) is 3.09. The topological polar surface area (TPSA) is 88.6 Å². The van der Waals surface area contributed by atoms with E-state index in [1.54, 1.807) is 6.07 Å². The Labute approximate surface area is 160 Å². The molecule has 0 amide bonds. The minimum absolute atomic E-state index is 0.0908. The highest BCUT2D eigenvalue weighted by atomic mass is 35.5. The number of nitriles is 2. The van der Waals surface area contributed by atoms with Crippen molar-refractivity contribution >= 4 is 17.4 Å². The first kappa shape index (κ1) is 19.0. The fourth-order valence-corrected chi connectivity index (χ4v) is 3.33. The van der Waals surface area contributed by atoms with E-state index in [1.165, 1.54) is 12.3 Å². The summed E-state index contributed by atoms with van der Waals surface area (Å²) in [5.74, 6) is 0.526. The molecule has 27 heavy (non-hydrogen) atoms. The first-order chi connectivity index (χ1) is 13.0. The van der Waals surface area contributed by atoms with Crippen LogP contribution < -0.4 is 5.32 Å². The summed E-state index contributed by atoms with van der Waals surface area (Å²) < 4.78 is 25.2. The molecular weight excluding hydrogens is 374 g/mol. The first-order valence-corrected chi connectivity index (χ1v) is 8.58. The maximum absolute atomic E-state index is 12.6. The highest BCUT2D eigenvalue weighted by Crippen LogP contribution is 2.32. The van der Waals surface area contributed by atoms with E-state index in [-0.39, 0.29) is 17.4 Å². The molecule has 1 aliphatic heterocycles. The summed E-state index contributed by atoms with van der Waals surface area (Å²) in [6.45, 7) is 1.77. The van der Waals surface area contributed by atoms with Gasteiger partial charge < -0.3 is 5.32 Å². The minimum Gasteiger partial charge on any atom is -0.357 e. The van der Waals surface area contributed by atoms with Gasteiger partial charge in [0.25, 0.3) is 6.43 Å². The van der Waals surface area contributed by atoms with E-state index >= 15 is 0 Å². The Balaban J connectivity index is 1.83. The van der Waals surface area contributed by atoms with Crippen molar-refractivity contribution in [2.45, 2.75) is 25.9 Å². The number of fused-ring (bicyclic) bond motifs is 1. The molecule has 2 aromatic rings. The SMILES string of the molecule is N#CCNc1nc(Cl)c(C#N)c2c1CCN(Cc1ccc(C(F)F)nc1)C2. The van der Waals surface area contributed by atoms with Gasteiger partial charge in [-0.05, 0) is 23.6 Å². The second-order valence-electron chi connectivity index (χ2n) is 6.06. The van der Waals surface area contributed by atoms with Gasteiger partial charge in [0.15, 0.2) is 0 Å². The summed E-state index contributed by atoms with van der Waals surface area (Å²) in [7, 11) is 0. The van der Waals surface area contributed by atoms with Crippen LogP contribution in [0.2, 0.25) is 5.15 Å². The van der Waals surface area contributed by atoms with Crippen LogP contribution in [-0.2, 0) is 19.5 Å². The predicted octanol–water partition coefficient (Wildman–Crippen LogP) is 3.43. The predicted molar refractivity (Wildman–Crippen MR) is 95.1 cm³/mol. The molecule has 0 spiro atoms. The van der Waals surface area contributed by atoms with Crippen LogP contribution in [0.15, 0.2) is 18.3 Å². The molecule has 1 aliphatic rings. The van der Waals surface area contributed by atoms with Gasteiger partial charge in [-0.15, -0.1) is 0 Å². The highest BCUT2D eigenvalue weighted by molar-refractivity contribution is 6.30. The van der Waals surface area contributed by atoms with E-state index in [1.807, 2.05) is 6.07 Å². The van der Waals surface area contributed by atoms with E-state index in [2.05, 4.69) is 26.3 Å². The molecule has 0 aromatic carbocycles. The Kier molecular flexibility index (Phi) is 5.80. The number of halogens is 3. The maximum atomic E-state index is 12.6. The molecule has 0 saturated heterocycles. The van der Waals surface area contributed by atoms with Crippen molar-refractivity contribution in [1.29, 1.82) is 10.5 Å². The van der Waals surface area contributed by atoms with E-state index in [9.17, 15) is 14.0 Å². The van der Waals surface area contributed by atoms with Crippen LogP contribution in [0.25, 0.3) is 0 Å². The summed E-state index contributed by atoms with van der Waals surface area (Å²) in [6.07, 6.45) is -0.514. The van der Waals surface area contributed by atoms with Gasteiger partial charge in [-0.1, -0.05) is 17.7 Å². The lowest BCUT2D eigenvalue weighted by molar-refractivity contribution is 0.146. The highest BCUT2D eigenvalue weighted by Gasteiger charge is 2.25. The van der Waals surface area contributed by atoms with Crippen molar-refractivity contribution < 1.29 is 8.78 Å². The smallest absolute Gasteiger partial charge is 0.280 e. The molecule has 3 heterocycles. The van der Waals surface area contributed by atoms with Gasteiger partial charge in [0.05, 0.1) is 11.6 Å². The number of rotatable bonds is 5. The molecular formula is C18H15ClF2N6. The summed E-state index contributed by atoms with van der Waals surface area (Å²) in [5, 5.41) is 21.3. The molecule has 9 heteroatoms. The van der Waals surface area contributed by atoms with Crippen LogP contribution >= 0.6 is 11.6 Å². The minimum atomic E-state index is -2.59. The average Bonchev–Trinajstić information content (AvgIpc) is 2.66. The maximum Gasteiger partial charge on any atom is 0.280 e. The summed E-state index contributed by atoms with van der Waals surface area (Å²) in [4.78, 5) is 10.1. The molecule has 0 aliphatic carbocycles. The molecule has 138 valence electrons. The molecule has 0 bridgehead atoms. The zero-order valence-electron chi connectivity index (χ0n) is 14.2. The van der Waals surface area contributed by atoms with Crippen LogP contribution in [0.1, 0.15) is 34.4 Å². The van der Waals surface area contributed by atoms with Crippen LogP contribution in [0.4, 0.5) is 14.6 Å². The molecule has 0 unspecified atom stereocenters. The van der Waals surface area contributed by atoms with Crippen molar-refractivity contribution in [3.8, 4) is 12.1 Å². The standard InChI is InChI=1S/C18H15ClF2N6/c19-16-13(7-23)14-10-27(6-3-12(14)18(26-16)24-5-4-22)9-11-1-2-15(17(20)21)25-8-11/h1-2,8,17H,3,5-6,9-10H2,(H,24,26). The lowest BCUT2D eigenvalue weighted by Crippen LogP contribution is -2.31. The van der Waals surface area contributed by atoms with Crippen LogP contribution in [0, 0.1) is 22.7 Å². The van der Waals surface area contributed by atoms with Crippen LogP contribution in [0.3, 0.4) is 0 Å². The number of alkyl halides is 2. The van der Waals surface area contributed by atoms with E-state index < -0.39 is 6.43 Å². The van der Waals surface area contributed by atoms with Gasteiger partial charge in [0, 0.05) is 31.4 Å². The molecule has 0 fully saturated rings. The van der Waals surface area contributed by atoms with E-state index in [0.29, 0.717) is 37.4 Å². The monoisotopic (exact) mass is 388 g/mol. The van der Waals surface area contributed by atoms with Crippen LogP contribution in [-0.4, -0.2) is 28.0 Å². The molecule has 2 aromatic heterocycles. The van der Waals surface area contributed by atoms with Crippen LogP contribution in [0.5, 0.6) is 0 Å². The fraction of sp³-hybridized carbons (Fsp3) is 0.333. The number of anilines is 1. The zero-order valence-corrected chi connectivity index (χ0v) is 15.0.